The first-order chi connectivity index (χ1) is 15.4. The largest absolute Gasteiger partial charge is 0.495 e. The van der Waals surface area contributed by atoms with Crippen molar-refractivity contribution < 1.29 is 14.3 Å². The number of carbonyl (C=O) groups is 2. The Labute approximate surface area is 191 Å². The van der Waals surface area contributed by atoms with Crippen LogP contribution in [0.2, 0.25) is 0 Å². The van der Waals surface area contributed by atoms with Gasteiger partial charge < -0.3 is 19.9 Å². The molecule has 2 amide bonds. The number of hydrogen-bond donors (Lipinski definition) is 2. The van der Waals surface area contributed by atoms with Crippen LogP contribution in [0.4, 0.5) is 11.4 Å². The van der Waals surface area contributed by atoms with Crippen molar-refractivity contribution in [1.29, 1.82) is 0 Å². The number of methoxy groups -OCH3 is 1. The van der Waals surface area contributed by atoms with Crippen LogP contribution >= 0.6 is 11.8 Å². The van der Waals surface area contributed by atoms with Gasteiger partial charge in [0.05, 0.1) is 25.0 Å². The average molecular weight is 454 g/mol. The van der Waals surface area contributed by atoms with Crippen LogP contribution in [0.3, 0.4) is 0 Å². The maximum Gasteiger partial charge on any atom is 0.234 e. The topological polar surface area (TPSA) is 98.1 Å². The molecule has 0 saturated heterocycles. The lowest BCUT2D eigenvalue weighted by molar-refractivity contribution is -0.116. The maximum absolute atomic E-state index is 12.5. The van der Waals surface area contributed by atoms with Crippen LogP contribution in [0.15, 0.2) is 47.6 Å². The van der Waals surface area contributed by atoms with E-state index >= 15 is 0 Å². The predicted molar refractivity (Wildman–Crippen MR) is 126 cm³/mol. The first-order valence-corrected chi connectivity index (χ1v) is 11.2. The average Bonchev–Trinajstić information content (AvgIpc) is 3.15. The van der Waals surface area contributed by atoms with Crippen LogP contribution in [-0.4, -0.2) is 39.4 Å². The van der Waals surface area contributed by atoms with E-state index in [0.717, 1.165) is 16.8 Å². The van der Waals surface area contributed by atoms with Crippen LogP contribution in [0, 0.1) is 13.8 Å². The molecular formula is C23H27N5O3S. The Balaban J connectivity index is 1.61. The van der Waals surface area contributed by atoms with Gasteiger partial charge in [0, 0.05) is 12.2 Å². The summed E-state index contributed by atoms with van der Waals surface area (Å²) in [5.74, 6) is 0.977. The van der Waals surface area contributed by atoms with E-state index in [-0.39, 0.29) is 24.0 Å². The van der Waals surface area contributed by atoms with Crippen molar-refractivity contribution in [2.24, 2.45) is 0 Å². The van der Waals surface area contributed by atoms with Gasteiger partial charge in [-0.2, -0.15) is 0 Å². The lowest BCUT2D eigenvalue weighted by atomic mass is 10.2. The molecule has 0 unspecified atom stereocenters. The number of para-hydroxylation sites is 1. The van der Waals surface area contributed by atoms with Crippen molar-refractivity contribution in [2.75, 3.05) is 23.5 Å². The second kappa shape index (κ2) is 10.8. The molecule has 2 N–H and O–H groups in total. The van der Waals surface area contributed by atoms with E-state index in [9.17, 15) is 9.59 Å². The summed E-state index contributed by atoms with van der Waals surface area (Å²) < 4.78 is 7.15. The van der Waals surface area contributed by atoms with Crippen molar-refractivity contribution in [3.63, 3.8) is 0 Å². The number of anilines is 2. The van der Waals surface area contributed by atoms with E-state index < -0.39 is 0 Å². The Morgan fingerprint density at radius 2 is 1.78 bits per heavy atom. The van der Waals surface area contributed by atoms with Crippen molar-refractivity contribution in [3.8, 4) is 5.75 Å². The molecule has 0 aliphatic rings. The highest BCUT2D eigenvalue weighted by molar-refractivity contribution is 7.99. The zero-order valence-corrected chi connectivity index (χ0v) is 19.5. The number of aromatic nitrogens is 3. The van der Waals surface area contributed by atoms with Crippen molar-refractivity contribution in [3.05, 3.63) is 59.4 Å². The Morgan fingerprint density at radius 1 is 1.03 bits per heavy atom. The molecule has 0 spiro atoms. The van der Waals surface area contributed by atoms with Gasteiger partial charge in [-0.25, -0.2) is 0 Å². The number of thioether (sulfide) groups is 1. The summed E-state index contributed by atoms with van der Waals surface area (Å²) in [6, 6.07) is 13.2. The minimum atomic E-state index is -0.177. The van der Waals surface area contributed by atoms with Crippen LogP contribution in [-0.2, 0) is 22.6 Å². The summed E-state index contributed by atoms with van der Waals surface area (Å²) in [6.45, 7) is 6.43. The van der Waals surface area contributed by atoms with E-state index in [1.807, 2.05) is 67.8 Å². The molecule has 1 aromatic heterocycles. The summed E-state index contributed by atoms with van der Waals surface area (Å²) in [5.41, 5.74) is 3.42. The van der Waals surface area contributed by atoms with Gasteiger partial charge in [-0.15, -0.1) is 10.2 Å². The molecule has 168 valence electrons. The Bertz CT molecular complexity index is 1110. The number of amides is 2. The highest BCUT2D eigenvalue weighted by atomic mass is 32.2. The number of aryl methyl sites for hydroxylation is 2. The summed E-state index contributed by atoms with van der Waals surface area (Å²) in [4.78, 5) is 25.0. The second-order valence-corrected chi connectivity index (χ2v) is 8.17. The third-order valence-corrected chi connectivity index (χ3v) is 5.78. The van der Waals surface area contributed by atoms with Gasteiger partial charge in [-0.3, -0.25) is 9.59 Å². The molecular weight excluding hydrogens is 426 g/mol. The number of ether oxygens (including phenoxy) is 1. The van der Waals surface area contributed by atoms with Gasteiger partial charge >= 0.3 is 0 Å². The van der Waals surface area contributed by atoms with Crippen LogP contribution < -0.4 is 15.4 Å². The molecule has 0 bridgehead atoms. The second-order valence-electron chi connectivity index (χ2n) is 7.22. The maximum atomic E-state index is 12.5. The van der Waals surface area contributed by atoms with Crippen LogP contribution in [0.25, 0.3) is 0 Å². The SMILES string of the molecule is CCn1c(CC(=O)Nc2ccccc2C)nnc1SCC(=O)Nc1cc(C)ccc1OC. The van der Waals surface area contributed by atoms with E-state index in [1.165, 1.54) is 11.8 Å². The highest BCUT2D eigenvalue weighted by Gasteiger charge is 2.17. The van der Waals surface area contributed by atoms with Gasteiger partial charge in [0.15, 0.2) is 5.16 Å². The first kappa shape index (κ1) is 23.3. The van der Waals surface area contributed by atoms with E-state index in [2.05, 4.69) is 20.8 Å². The van der Waals surface area contributed by atoms with Gasteiger partial charge in [0.25, 0.3) is 0 Å². The van der Waals surface area contributed by atoms with E-state index in [0.29, 0.717) is 29.0 Å². The molecule has 2 aromatic carbocycles. The van der Waals surface area contributed by atoms with Gasteiger partial charge in [0.2, 0.25) is 11.8 Å². The molecule has 0 radical (unpaired) electrons. The fourth-order valence-corrected chi connectivity index (χ4v) is 3.98. The van der Waals surface area contributed by atoms with Gasteiger partial charge in [-0.05, 0) is 50.1 Å². The smallest absolute Gasteiger partial charge is 0.234 e. The van der Waals surface area contributed by atoms with E-state index in [4.69, 9.17) is 4.74 Å². The summed E-state index contributed by atoms with van der Waals surface area (Å²) in [5, 5.41) is 14.7. The van der Waals surface area contributed by atoms with Crippen molar-refractivity contribution >= 4 is 35.0 Å². The van der Waals surface area contributed by atoms with Gasteiger partial charge in [0.1, 0.15) is 11.6 Å². The minimum Gasteiger partial charge on any atom is -0.495 e. The fraction of sp³-hybridized carbons (Fsp3) is 0.304. The molecule has 0 atom stereocenters. The molecule has 3 aromatic rings. The lowest BCUT2D eigenvalue weighted by Gasteiger charge is -2.11. The number of benzene rings is 2. The first-order valence-electron chi connectivity index (χ1n) is 10.3. The fourth-order valence-electron chi connectivity index (χ4n) is 3.16. The molecule has 0 saturated carbocycles. The van der Waals surface area contributed by atoms with E-state index in [1.54, 1.807) is 7.11 Å². The van der Waals surface area contributed by atoms with Crippen LogP contribution in [0.1, 0.15) is 23.9 Å². The Kier molecular flexibility index (Phi) is 7.88. The number of nitrogens with one attached hydrogen (secondary N) is 2. The lowest BCUT2D eigenvalue weighted by Crippen LogP contribution is -2.18. The molecule has 32 heavy (non-hydrogen) atoms. The van der Waals surface area contributed by atoms with Crippen LogP contribution in [0.5, 0.6) is 5.75 Å². The number of rotatable bonds is 9. The minimum absolute atomic E-state index is 0.0996. The normalized spacial score (nSPS) is 10.6. The molecule has 3 rings (SSSR count). The summed E-state index contributed by atoms with van der Waals surface area (Å²) in [6.07, 6.45) is 0.0996. The Hall–Kier alpha value is -3.33. The quantitative estimate of drug-likeness (QED) is 0.478. The Morgan fingerprint density at radius 3 is 2.50 bits per heavy atom. The molecule has 0 aliphatic heterocycles. The summed E-state index contributed by atoms with van der Waals surface area (Å²) >= 11 is 1.28. The van der Waals surface area contributed by atoms with Gasteiger partial charge in [-0.1, -0.05) is 36.0 Å². The monoisotopic (exact) mass is 453 g/mol. The third-order valence-electron chi connectivity index (χ3n) is 4.81. The van der Waals surface area contributed by atoms with Crippen molar-refractivity contribution in [2.45, 2.75) is 38.9 Å². The standard InChI is InChI=1S/C23H27N5O3S/c1-5-28-20(13-21(29)24-17-9-7-6-8-16(17)3)26-27-23(28)32-14-22(30)25-18-12-15(2)10-11-19(18)31-4/h6-12H,5,13-14H2,1-4H3,(H,24,29)(H,25,30). The molecule has 8 nitrogen and oxygen atoms in total. The third kappa shape index (κ3) is 5.88. The molecule has 0 fully saturated rings. The number of nitrogens with zero attached hydrogens (tertiary/aromatic N) is 3. The molecule has 1 heterocycles. The highest BCUT2D eigenvalue weighted by Crippen LogP contribution is 2.26. The predicted octanol–water partition coefficient (Wildman–Crippen LogP) is 3.84. The molecule has 0 aliphatic carbocycles. The zero-order chi connectivity index (χ0) is 23.1. The van der Waals surface area contributed by atoms with Crippen molar-refractivity contribution in [1.82, 2.24) is 14.8 Å². The number of carbonyl (C=O) groups excluding carboxylic acids is 2. The summed E-state index contributed by atoms with van der Waals surface area (Å²) in [7, 11) is 1.57. The number of hydrogen-bond acceptors (Lipinski definition) is 6. The zero-order valence-electron chi connectivity index (χ0n) is 18.6. The molecule has 9 heteroatoms.